The molecule has 1 amide bonds. The molecule has 0 aliphatic heterocycles. The molecule has 1 rings (SSSR count). The number of hydrogen-bond acceptors (Lipinski definition) is 4. The lowest BCUT2D eigenvalue weighted by atomic mass is 10.0. The Kier molecular flexibility index (Phi) is 4.79. The fourth-order valence-corrected chi connectivity index (χ4v) is 1.61. The molecule has 0 bridgehead atoms. The van der Waals surface area contributed by atoms with Crippen LogP contribution in [-0.4, -0.2) is 28.5 Å². The highest BCUT2D eigenvalue weighted by Gasteiger charge is 2.32. The van der Waals surface area contributed by atoms with Gasteiger partial charge in [-0.3, -0.25) is 5.32 Å². The molecule has 106 valence electrons. The van der Waals surface area contributed by atoms with Crippen LogP contribution in [0.2, 0.25) is 5.02 Å². The molecule has 5 nitrogen and oxygen atoms in total. The summed E-state index contributed by atoms with van der Waals surface area (Å²) in [5.74, 6) is 0. The van der Waals surface area contributed by atoms with E-state index in [1.807, 2.05) is 0 Å². The summed E-state index contributed by atoms with van der Waals surface area (Å²) < 4.78 is 5.03. The first kappa shape index (κ1) is 15.8. The van der Waals surface area contributed by atoms with Crippen molar-refractivity contribution >= 4 is 17.7 Å². The molecular formula is C13H18ClNO4. The number of nitrogens with one attached hydrogen (secondary N) is 1. The molecule has 0 aromatic heterocycles. The molecule has 0 saturated carbocycles. The van der Waals surface area contributed by atoms with Gasteiger partial charge in [0.15, 0.2) is 5.72 Å². The van der Waals surface area contributed by atoms with E-state index in [2.05, 4.69) is 5.32 Å². The first-order valence-corrected chi connectivity index (χ1v) is 6.14. The van der Waals surface area contributed by atoms with Gasteiger partial charge in [-0.1, -0.05) is 23.7 Å². The highest BCUT2D eigenvalue weighted by Crippen LogP contribution is 2.22. The number of ether oxygens (including phenoxy) is 1. The van der Waals surface area contributed by atoms with Crippen molar-refractivity contribution in [3.8, 4) is 0 Å². The Morgan fingerprint density at radius 1 is 1.42 bits per heavy atom. The number of rotatable bonds is 3. The number of aliphatic hydroxyl groups excluding tert-OH is 1. The van der Waals surface area contributed by atoms with E-state index >= 15 is 0 Å². The molecular weight excluding hydrogens is 270 g/mol. The second-order valence-corrected chi connectivity index (χ2v) is 5.59. The third-order valence-electron chi connectivity index (χ3n) is 2.24. The van der Waals surface area contributed by atoms with Gasteiger partial charge < -0.3 is 14.9 Å². The second-order valence-electron chi connectivity index (χ2n) is 5.16. The molecule has 0 saturated heterocycles. The van der Waals surface area contributed by atoms with E-state index < -0.39 is 24.0 Å². The molecule has 0 aliphatic rings. The summed E-state index contributed by atoms with van der Waals surface area (Å²) in [6, 6.07) is 6.22. The predicted octanol–water partition coefficient (Wildman–Crippen LogP) is 2.00. The first-order chi connectivity index (χ1) is 8.66. The summed E-state index contributed by atoms with van der Waals surface area (Å²) in [5, 5.41) is 22.2. The Bertz CT molecular complexity index is 458. The zero-order valence-corrected chi connectivity index (χ0v) is 11.9. The summed E-state index contributed by atoms with van der Waals surface area (Å²) in [6.07, 6.45) is -0.830. The Morgan fingerprint density at radius 2 is 2.05 bits per heavy atom. The minimum atomic E-state index is -1.94. The van der Waals surface area contributed by atoms with Gasteiger partial charge in [0.05, 0.1) is 6.61 Å². The highest BCUT2D eigenvalue weighted by molar-refractivity contribution is 6.30. The molecule has 1 aromatic carbocycles. The van der Waals surface area contributed by atoms with Crippen LogP contribution in [0.15, 0.2) is 24.3 Å². The van der Waals surface area contributed by atoms with Crippen molar-refractivity contribution in [2.75, 3.05) is 6.61 Å². The van der Waals surface area contributed by atoms with Crippen LogP contribution in [0.4, 0.5) is 4.79 Å². The van der Waals surface area contributed by atoms with Gasteiger partial charge in [0, 0.05) is 10.6 Å². The topological polar surface area (TPSA) is 78.8 Å². The van der Waals surface area contributed by atoms with Crippen LogP contribution in [0.5, 0.6) is 0 Å². The Morgan fingerprint density at radius 3 is 2.53 bits per heavy atom. The number of alkyl carbamates (subject to hydrolysis) is 1. The maximum absolute atomic E-state index is 11.7. The number of carbonyl (C=O) groups is 1. The van der Waals surface area contributed by atoms with Crippen molar-refractivity contribution in [2.45, 2.75) is 32.1 Å². The Balaban J connectivity index is 2.90. The molecule has 1 aromatic rings. The van der Waals surface area contributed by atoms with Crippen LogP contribution in [0, 0.1) is 0 Å². The van der Waals surface area contributed by atoms with Crippen LogP contribution in [0.1, 0.15) is 26.3 Å². The zero-order valence-electron chi connectivity index (χ0n) is 11.1. The number of benzene rings is 1. The van der Waals surface area contributed by atoms with Gasteiger partial charge in [-0.05, 0) is 32.9 Å². The molecule has 0 spiro atoms. The lowest BCUT2D eigenvalue weighted by Crippen LogP contribution is -2.50. The van der Waals surface area contributed by atoms with Gasteiger partial charge in [-0.25, -0.2) is 4.79 Å². The van der Waals surface area contributed by atoms with Gasteiger partial charge in [0.25, 0.3) is 0 Å². The average Bonchev–Trinajstić information content (AvgIpc) is 2.26. The van der Waals surface area contributed by atoms with Gasteiger partial charge >= 0.3 is 6.09 Å². The smallest absolute Gasteiger partial charge is 0.410 e. The summed E-state index contributed by atoms with van der Waals surface area (Å²) in [6.45, 7) is 4.39. The lowest BCUT2D eigenvalue weighted by molar-refractivity contribution is -0.0539. The van der Waals surface area contributed by atoms with Crippen LogP contribution < -0.4 is 5.32 Å². The van der Waals surface area contributed by atoms with E-state index in [4.69, 9.17) is 16.3 Å². The van der Waals surface area contributed by atoms with Crippen LogP contribution >= 0.6 is 11.6 Å². The number of carbonyl (C=O) groups excluding carboxylic acids is 1. The third kappa shape index (κ3) is 4.70. The molecule has 3 N–H and O–H groups in total. The SMILES string of the molecule is CC(C)(C)OC(=O)N[C@@](O)(CO)c1cccc(Cl)c1. The first-order valence-electron chi connectivity index (χ1n) is 5.77. The Labute approximate surface area is 117 Å². The molecule has 0 unspecified atom stereocenters. The van der Waals surface area contributed by atoms with Gasteiger partial charge in [0.1, 0.15) is 5.60 Å². The van der Waals surface area contributed by atoms with Crippen molar-refractivity contribution in [1.82, 2.24) is 5.32 Å². The number of aliphatic hydroxyl groups is 2. The van der Waals surface area contributed by atoms with Gasteiger partial charge in [-0.2, -0.15) is 0 Å². The molecule has 0 fully saturated rings. The maximum atomic E-state index is 11.7. The quantitative estimate of drug-likeness (QED) is 0.743. The van der Waals surface area contributed by atoms with Crippen molar-refractivity contribution in [1.29, 1.82) is 0 Å². The van der Waals surface area contributed by atoms with E-state index in [9.17, 15) is 15.0 Å². The van der Waals surface area contributed by atoms with Crippen LogP contribution in [0.25, 0.3) is 0 Å². The molecule has 0 aliphatic carbocycles. The molecule has 6 heteroatoms. The number of amides is 1. The molecule has 1 atom stereocenters. The van der Waals surface area contributed by atoms with Gasteiger partial charge in [0.2, 0.25) is 0 Å². The molecule has 0 radical (unpaired) electrons. The summed E-state index contributed by atoms with van der Waals surface area (Å²) in [7, 11) is 0. The van der Waals surface area contributed by atoms with Crippen molar-refractivity contribution in [2.24, 2.45) is 0 Å². The second kappa shape index (κ2) is 5.77. The number of hydrogen-bond donors (Lipinski definition) is 3. The largest absolute Gasteiger partial charge is 0.444 e. The van der Waals surface area contributed by atoms with E-state index in [0.29, 0.717) is 5.02 Å². The normalized spacial score (nSPS) is 14.6. The minimum absolute atomic E-state index is 0.272. The van der Waals surface area contributed by atoms with Gasteiger partial charge in [-0.15, -0.1) is 0 Å². The molecule has 0 heterocycles. The van der Waals surface area contributed by atoms with Crippen molar-refractivity contribution in [3.05, 3.63) is 34.9 Å². The molecule has 19 heavy (non-hydrogen) atoms. The minimum Gasteiger partial charge on any atom is -0.444 e. The lowest BCUT2D eigenvalue weighted by Gasteiger charge is -2.29. The Hall–Kier alpha value is -1.30. The van der Waals surface area contributed by atoms with E-state index in [0.717, 1.165) is 0 Å². The van der Waals surface area contributed by atoms with Crippen molar-refractivity contribution < 1.29 is 19.7 Å². The summed E-state index contributed by atoms with van der Waals surface area (Å²) in [4.78, 5) is 11.7. The zero-order chi connectivity index (χ0) is 14.7. The fourth-order valence-electron chi connectivity index (χ4n) is 1.42. The van der Waals surface area contributed by atoms with E-state index in [-0.39, 0.29) is 5.56 Å². The fraction of sp³-hybridized carbons (Fsp3) is 0.462. The van der Waals surface area contributed by atoms with Crippen LogP contribution in [0.3, 0.4) is 0 Å². The summed E-state index contributed by atoms with van der Waals surface area (Å²) in [5.41, 5.74) is -2.37. The van der Waals surface area contributed by atoms with Crippen molar-refractivity contribution in [3.63, 3.8) is 0 Å². The third-order valence-corrected chi connectivity index (χ3v) is 2.47. The highest BCUT2D eigenvalue weighted by atomic mass is 35.5. The standard InChI is InChI=1S/C13H18ClNO4/c1-12(2,3)19-11(17)15-13(18,8-16)9-5-4-6-10(14)7-9/h4-7,16,18H,8H2,1-3H3,(H,15,17)/t13-/m1/s1. The maximum Gasteiger partial charge on any atom is 0.410 e. The summed E-state index contributed by atoms with van der Waals surface area (Å²) >= 11 is 5.81. The monoisotopic (exact) mass is 287 g/mol. The van der Waals surface area contributed by atoms with E-state index in [1.165, 1.54) is 6.07 Å². The number of halogens is 1. The van der Waals surface area contributed by atoms with Crippen LogP contribution in [-0.2, 0) is 10.5 Å². The average molecular weight is 288 g/mol. The predicted molar refractivity (Wildman–Crippen MR) is 71.8 cm³/mol. The van der Waals surface area contributed by atoms with E-state index in [1.54, 1.807) is 39.0 Å².